The molecule has 0 radical (unpaired) electrons. The molecule has 1 heterocycles. The number of anilines is 1. The van der Waals surface area contributed by atoms with Crippen LogP contribution in [0.25, 0.3) is 0 Å². The Labute approximate surface area is 92.8 Å². The fourth-order valence-electron chi connectivity index (χ4n) is 2.05. The topological polar surface area (TPSA) is 63.5 Å². The molecule has 0 saturated carbocycles. The summed E-state index contributed by atoms with van der Waals surface area (Å²) in [5.74, 6) is 0. The summed E-state index contributed by atoms with van der Waals surface area (Å²) in [5, 5.41) is 10.8. The molecule has 2 rings (SSSR count). The van der Waals surface area contributed by atoms with Crippen molar-refractivity contribution in [2.24, 2.45) is 0 Å². The number of hydrogen-bond acceptors (Lipinski definition) is 4. The van der Waals surface area contributed by atoms with Crippen molar-refractivity contribution < 1.29 is 9.72 Å². The Morgan fingerprint density at radius 3 is 2.56 bits per heavy atom. The van der Waals surface area contributed by atoms with Crippen LogP contribution in [0.1, 0.15) is 23.2 Å². The zero-order valence-electron chi connectivity index (χ0n) is 8.76. The van der Waals surface area contributed by atoms with Crippen LogP contribution in [0.5, 0.6) is 0 Å². The highest BCUT2D eigenvalue weighted by Crippen LogP contribution is 2.29. The quantitative estimate of drug-likeness (QED) is 0.444. The predicted octanol–water partition coefficient (Wildman–Crippen LogP) is 2.01. The van der Waals surface area contributed by atoms with Crippen molar-refractivity contribution in [3.8, 4) is 0 Å². The molecule has 0 spiro atoms. The van der Waals surface area contributed by atoms with Gasteiger partial charge in [0.15, 0.2) is 6.29 Å². The lowest BCUT2D eigenvalue weighted by Gasteiger charge is -2.18. The van der Waals surface area contributed by atoms with Crippen LogP contribution in [0.2, 0.25) is 0 Å². The number of hydrogen-bond donors (Lipinski definition) is 0. The molecule has 16 heavy (non-hydrogen) atoms. The van der Waals surface area contributed by atoms with Gasteiger partial charge < -0.3 is 4.90 Å². The molecule has 1 aromatic rings. The summed E-state index contributed by atoms with van der Waals surface area (Å²) in [7, 11) is 0. The van der Waals surface area contributed by atoms with E-state index in [0.717, 1.165) is 25.9 Å². The fourth-order valence-corrected chi connectivity index (χ4v) is 2.05. The number of rotatable bonds is 3. The van der Waals surface area contributed by atoms with Gasteiger partial charge in [0.05, 0.1) is 10.6 Å². The zero-order valence-corrected chi connectivity index (χ0v) is 8.76. The number of nitro benzene ring substituents is 1. The van der Waals surface area contributed by atoms with Gasteiger partial charge in [-0.1, -0.05) is 6.07 Å². The summed E-state index contributed by atoms with van der Waals surface area (Å²) in [5.41, 5.74) is 0.760. The van der Waals surface area contributed by atoms with E-state index in [2.05, 4.69) is 0 Å². The maximum atomic E-state index is 11.0. The highest BCUT2D eigenvalue weighted by molar-refractivity contribution is 5.90. The average Bonchev–Trinajstić information content (AvgIpc) is 2.81. The summed E-state index contributed by atoms with van der Waals surface area (Å²) in [6.45, 7) is 1.73. The summed E-state index contributed by atoms with van der Waals surface area (Å²) in [4.78, 5) is 23.3. The molecule has 1 fully saturated rings. The molecule has 1 aliphatic rings. The first-order chi connectivity index (χ1) is 7.74. The predicted molar refractivity (Wildman–Crippen MR) is 59.9 cm³/mol. The largest absolute Gasteiger partial charge is 0.371 e. The summed E-state index contributed by atoms with van der Waals surface area (Å²) < 4.78 is 0. The van der Waals surface area contributed by atoms with Crippen LogP contribution < -0.4 is 4.90 Å². The van der Waals surface area contributed by atoms with Crippen molar-refractivity contribution in [3.05, 3.63) is 33.9 Å². The number of carbonyl (C=O) groups is 1. The standard InChI is InChI=1S/C11H12N2O3/c14-8-9-10(12-6-1-2-7-12)4-3-5-11(9)13(15)16/h3-5,8H,1-2,6-7H2. The number of nitro groups is 1. The Hall–Kier alpha value is -1.91. The molecule has 0 aromatic heterocycles. The maximum Gasteiger partial charge on any atom is 0.281 e. The summed E-state index contributed by atoms with van der Waals surface area (Å²) >= 11 is 0. The lowest BCUT2D eigenvalue weighted by Crippen LogP contribution is -2.19. The molecule has 0 amide bonds. The van der Waals surface area contributed by atoms with E-state index in [4.69, 9.17) is 0 Å². The van der Waals surface area contributed by atoms with Crippen LogP contribution >= 0.6 is 0 Å². The van der Waals surface area contributed by atoms with Gasteiger partial charge in [0.25, 0.3) is 5.69 Å². The number of benzene rings is 1. The van der Waals surface area contributed by atoms with Crippen molar-refractivity contribution >= 4 is 17.7 Å². The van der Waals surface area contributed by atoms with Crippen LogP contribution in [-0.4, -0.2) is 24.3 Å². The van der Waals surface area contributed by atoms with Crippen LogP contribution in [-0.2, 0) is 0 Å². The van der Waals surface area contributed by atoms with Crippen LogP contribution in [0.4, 0.5) is 11.4 Å². The van der Waals surface area contributed by atoms with E-state index in [-0.39, 0.29) is 11.3 Å². The first kappa shape index (κ1) is 10.6. The Morgan fingerprint density at radius 1 is 1.31 bits per heavy atom. The third-order valence-electron chi connectivity index (χ3n) is 2.82. The Balaban J connectivity index is 2.47. The molecular formula is C11H12N2O3. The van der Waals surface area contributed by atoms with Gasteiger partial charge in [0, 0.05) is 19.2 Å². The highest BCUT2D eigenvalue weighted by atomic mass is 16.6. The minimum atomic E-state index is -0.511. The smallest absolute Gasteiger partial charge is 0.281 e. The molecule has 5 nitrogen and oxygen atoms in total. The van der Waals surface area contributed by atoms with Crippen molar-refractivity contribution in [2.45, 2.75) is 12.8 Å². The lowest BCUT2D eigenvalue weighted by atomic mass is 10.1. The van der Waals surface area contributed by atoms with Crippen molar-refractivity contribution in [2.75, 3.05) is 18.0 Å². The van der Waals surface area contributed by atoms with Crippen LogP contribution in [0.15, 0.2) is 18.2 Å². The molecular weight excluding hydrogens is 208 g/mol. The molecule has 5 heteroatoms. The number of nitrogens with zero attached hydrogens (tertiary/aromatic N) is 2. The Morgan fingerprint density at radius 2 is 2.00 bits per heavy atom. The maximum absolute atomic E-state index is 11.0. The van der Waals surface area contributed by atoms with E-state index in [0.29, 0.717) is 12.0 Å². The lowest BCUT2D eigenvalue weighted by molar-refractivity contribution is -0.385. The molecule has 0 bridgehead atoms. The monoisotopic (exact) mass is 220 g/mol. The first-order valence-corrected chi connectivity index (χ1v) is 5.21. The average molecular weight is 220 g/mol. The van der Waals surface area contributed by atoms with Crippen molar-refractivity contribution in [1.82, 2.24) is 0 Å². The zero-order chi connectivity index (χ0) is 11.5. The van der Waals surface area contributed by atoms with Gasteiger partial charge >= 0.3 is 0 Å². The van der Waals surface area contributed by atoms with Crippen molar-refractivity contribution in [1.29, 1.82) is 0 Å². The molecule has 0 aliphatic carbocycles. The minimum Gasteiger partial charge on any atom is -0.371 e. The van der Waals surface area contributed by atoms with E-state index in [1.165, 1.54) is 6.07 Å². The van der Waals surface area contributed by atoms with Crippen molar-refractivity contribution in [3.63, 3.8) is 0 Å². The van der Waals surface area contributed by atoms with Gasteiger partial charge in [-0.25, -0.2) is 0 Å². The molecule has 1 saturated heterocycles. The third kappa shape index (κ3) is 1.76. The van der Waals surface area contributed by atoms with E-state index >= 15 is 0 Å². The van der Waals surface area contributed by atoms with E-state index in [1.807, 2.05) is 4.90 Å². The second kappa shape index (κ2) is 4.30. The van der Waals surface area contributed by atoms with Gasteiger partial charge in [0.2, 0.25) is 0 Å². The molecule has 1 aromatic carbocycles. The summed E-state index contributed by atoms with van der Waals surface area (Å²) in [6.07, 6.45) is 2.72. The molecule has 0 N–H and O–H groups in total. The molecule has 0 unspecified atom stereocenters. The second-order valence-corrected chi connectivity index (χ2v) is 3.78. The van der Waals surface area contributed by atoms with Crippen LogP contribution in [0.3, 0.4) is 0 Å². The van der Waals surface area contributed by atoms with Gasteiger partial charge in [0.1, 0.15) is 5.56 Å². The number of carbonyl (C=O) groups excluding carboxylic acids is 1. The number of aldehydes is 1. The second-order valence-electron chi connectivity index (χ2n) is 3.78. The van der Waals surface area contributed by atoms with E-state index in [1.54, 1.807) is 12.1 Å². The van der Waals surface area contributed by atoms with Gasteiger partial charge in [-0.05, 0) is 18.9 Å². The van der Waals surface area contributed by atoms with Gasteiger partial charge in [-0.3, -0.25) is 14.9 Å². The minimum absolute atomic E-state index is 0.112. The SMILES string of the molecule is O=Cc1c(N2CCCC2)cccc1[N+](=O)[O-]. The third-order valence-corrected chi connectivity index (χ3v) is 2.82. The summed E-state index contributed by atoms with van der Waals surface area (Å²) in [6, 6.07) is 4.75. The fraction of sp³-hybridized carbons (Fsp3) is 0.364. The van der Waals surface area contributed by atoms with Crippen LogP contribution in [0, 0.1) is 10.1 Å². The Bertz CT molecular complexity index is 425. The van der Waals surface area contributed by atoms with E-state index in [9.17, 15) is 14.9 Å². The van der Waals surface area contributed by atoms with E-state index < -0.39 is 4.92 Å². The normalized spacial score (nSPS) is 15.1. The first-order valence-electron chi connectivity index (χ1n) is 5.21. The molecule has 84 valence electrons. The Kier molecular flexibility index (Phi) is 2.85. The highest BCUT2D eigenvalue weighted by Gasteiger charge is 2.22. The van der Waals surface area contributed by atoms with Gasteiger partial charge in [-0.15, -0.1) is 0 Å². The molecule has 1 aliphatic heterocycles. The molecule has 0 atom stereocenters. The van der Waals surface area contributed by atoms with Gasteiger partial charge in [-0.2, -0.15) is 0 Å².